The van der Waals surface area contributed by atoms with Crippen molar-refractivity contribution in [1.29, 1.82) is 0 Å². The van der Waals surface area contributed by atoms with Gasteiger partial charge in [0.1, 0.15) is 5.82 Å². The molecule has 1 heterocycles. The number of benzene rings is 1. The predicted octanol–water partition coefficient (Wildman–Crippen LogP) is 1.26. The lowest BCUT2D eigenvalue weighted by atomic mass is 10.1. The molecule has 2 N–H and O–H groups in total. The molecule has 1 saturated heterocycles. The maximum absolute atomic E-state index is 13.3. The molecule has 4 nitrogen and oxygen atoms in total. The number of anilines is 1. The van der Waals surface area contributed by atoms with Crippen LogP contribution in [0.3, 0.4) is 0 Å². The molecule has 1 fully saturated rings. The lowest BCUT2D eigenvalue weighted by Gasteiger charge is -2.22. The van der Waals surface area contributed by atoms with Crippen molar-refractivity contribution in [2.24, 2.45) is 0 Å². The Kier molecular flexibility index (Phi) is 5.04. The van der Waals surface area contributed by atoms with Crippen molar-refractivity contribution in [1.82, 2.24) is 5.32 Å². The summed E-state index contributed by atoms with van der Waals surface area (Å²) in [5.74, 6) is 0.667. The molecule has 1 aliphatic rings. The van der Waals surface area contributed by atoms with Gasteiger partial charge in [0, 0.05) is 28.3 Å². The number of hydrogen-bond donors (Lipinski definition) is 2. The Morgan fingerprint density at radius 3 is 2.68 bits per heavy atom. The van der Waals surface area contributed by atoms with E-state index in [1.54, 1.807) is 12.1 Å². The lowest BCUT2D eigenvalue weighted by Crippen LogP contribution is -2.40. The van der Waals surface area contributed by atoms with Gasteiger partial charge in [-0.1, -0.05) is 12.1 Å². The molecule has 1 aromatic carbocycles. The maximum atomic E-state index is 13.3. The minimum Gasteiger partial charge on any atom is -0.322 e. The van der Waals surface area contributed by atoms with Crippen LogP contribution in [0.15, 0.2) is 24.3 Å². The third-order valence-electron chi connectivity index (χ3n) is 3.09. The Morgan fingerprint density at radius 2 is 2.00 bits per heavy atom. The van der Waals surface area contributed by atoms with E-state index in [1.165, 1.54) is 12.1 Å². The SMILES string of the molecule is O=C(CNC1CCS(=O)CC1)Nc1ccccc1F. The average Bonchev–Trinajstić information content (AvgIpc) is 2.41. The highest BCUT2D eigenvalue weighted by Gasteiger charge is 2.18. The molecule has 0 saturated carbocycles. The van der Waals surface area contributed by atoms with Gasteiger partial charge in [0.15, 0.2) is 0 Å². The Balaban J connectivity index is 1.76. The topological polar surface area (TPSA) is 58.2 Å². The third-order valence-corrected chi connectivity index (χ3v) is 4.47. The van der Waals surface area contributed by atoms with Gasteiger partial charge in [0.05, 0.1) is 12.2 Å². The number of carbonyl (C=O) groups excluding carboxylic acids is 1. The summed E-state index contributed by atoms with van der Waals surface area (Å²) < 4.78 is 24.5. The molecule has 6 heteroatoms. The Bertz CT molecular complexity index is 471. The van der Waals surface area contributed by atoms with E-state index in [2.05, 4.69) is 10.6 Å². The summed E-state index contributed by atoms with van der Waals surface area (Å²) in [6.45, 7) is 0.144. The fourth-order valence-electron chi connectivity index (χ4n) is 1.99. The number of carbonyl (C=O) groups is 1. The van der Waals surface area contributed by atoms with Crippen molar-refractivity contribution >= 4 is 22.4 Å². The monoisotopic (exact) mass is 284 g/mol. The third kappa shape index (κ3) is 4.40. The Labute approximate surface area is 114 Å². The Hall–Kier alpha value is -1.27. The molecule has 1 aromatic rings. The molecule has 2 rings (SSSR count). The first kappa shape index (κ1) is 14.1. The summed E-state index contributed by atoms with van der Waals surface area (Å²) in [6.07, 6.45) is 1.64. The summed E-state index contributed by atoms with van der Waals surface area (Å²) in [4.78, 5) is 11.7. The molecule has 19 heavy (non-hydrogen) atoms. The molecular formula is C13H17FN2O2S. The molecule has 1 aliphatic heterocycles. The van der Waals surface area contributed by atoms with Gasteiger partial charge in [-0.05, 0) is 25.0 Å². The van der Waals surface area contributed by atoms with Gasteiger partial charge in [-0.25, -0.2) is 4.39 Å². The highest BCUT2D eigenvalue weighted by molar-refractivity contribution is 7.85. The van der Waals surface area contributed by atoms with E-state index in [1.807, 2.05) is 0 Å². The van der Waals surface area contributed by atoms with Crippen molar-refractivity contribution in [3.05, 3.63) is 30.1 Å². The largest absolute Gasteiger partial charge is 0.322 e. The molecule has 0 aliphatic carbocycles. The van der Waals surface area contributed by atoms with E-state index in [0.29, 0.717) is 11.5 Å². The zero-order valence-electron chi connectivity index (χ0n) is 10.5. The van der Waals surface area contributed by atoms with E-state index < -0.39 is 16.6 Å². The van der Waals surface area contributed by atoms with Crippen molar-refractivity contribution in [3.8, 4) is 0 Å². The average molecular weight is 284 g/mol. The standard InChI is InChI=1S/C13H17FN2O2S/c14-11-3-1-2-4-12(11)16-13(17)9-15-10-5-7-19(18)8-6-10/h1-4,10,15H,5-9H2,(H,16,17). The second kappa shape index (κ2) is 6.77. The van der Waals surface area contributed by atoms with Crippen molar-refractivity contribution in [2.45, 2.75) is 18.9 Å². The summed E-state index contributed by atoms with van der Waals surface area (Å²) >= 11 is 0. The van der Waals surface area contributed by atoms with E-state index in [-0.39, 0.29) is 24.2 Å². The van der Waals surface area contributed by atoms with Crippen LogP contribution in [-0.2, 0) is 15.6 Å². The van der Waals surface area contributed by atoms with Crippen LogP contribution in [0.25, 0.3) is 0 Å². The van der Waals surface area contributed by atoms with Crippen LogP contribution in [-0.4, -0.2) is 34.2 Å². The van der Waals surface area contributed by atoms with Crippen LogP contribution in [0, 0.1) is 5.82 Å². The zero-order chi connectivity index (χ0) is 13.7. The van der Waals surface area contributed by atoms with E-state index in [0.717, 1.165) is 12.8 Å². The number of amides is 1. The van der Waals surface area contributed by atoms with Gasteiger partial charge in [0.25, 0.3) is 0 Å². The summed E-state index contributed by atoms with van der Waals surface area (Å²) in [5.41, 5.74) is 0.194. The smallest absolute Gasteiger partial charge is 0.238 e. The fourth-order valence-corrected chi connectivity index (χ4v) is 3.29. The molecule has 104 valence electrons. The molecular weight excluding hydrogens is 267 g/mol. The first-order chi connectivity index (χ1) is 9.15. The molecule has 0 aromatic heterocycles. The molecule has 1 amide bonds. The first-order valence-corrected chi connectivity index (χ1v) is 7.76. The first-order valence-electron chi connectivity index (χ1n) is 6.28. The highest BCUT2D eigenvalue weighted by atomic mass is 32.2. The van der Waals surface area contributed by atoms with Crippen LogP contribution in [0.2, 0.25) is 0 Å². The summed E-state index contributed by atoms with van der Waals surface area (Å²) in [6, 6.07) is 6.30. The van der Waals surface area contributed by atoms with Gasteiger partial charge in [0.2, 0.25) is 5.91 Å². The van der Waals surface area contributed by atoms with Crippen molar-refractivity contribution < 1.29 is 13.4 Å². The maximum Gasteiger partial charge on any atom is 0.238 e. The fraction of sp³-hybridized carbons (Fsp3) is 0.462. The van der Waals surface area contributed by atoms with Crippen LogP contribution < -0.4 is 10.6 Å². The number of halogens is 1. The minimum atomic E-state index is -0.700. The number of rotatable bonds is 4. The second-order valence-corrected chi connectivity index (χ2v) is 6.23. The molecule has 0 spiro atoms. The van der Waals surface area contributed by atoms with Gasteiger partial charge in [-0.15, -0.1) is 0 Å². The van der Waals surface area contributed by atoms with Crippen LogP contribution in [0.4, 0.5) is 10.1 Å². The molecule has 0 unspecified atom stereocenters. The quantitative estimate of drug-likeness (QED) is 0.875. The second-order valence-electron chi connectivity index (χ2n) is 4.53. The van der Waals surface area contributed by atoms with Crippen molar-refractivity contribution in [3.63, 3.8) is 0 Å². The van der Waals surface area contributed by atoms with Crippen molar-refractivity contribution in [2.75, 3.05) is 23.4 Å². The molecule has 0 bridgehead atoms. The van der Waals surface area contributed by atoms with Crippen LogP contribution >= 0.6 is 0 Å². The lowest BCUT2D eigenvalue weighted by molar-refractivity contribution is -0.115. The van der Waals surface area contributed by atoms with Crippen LogP contribution in [0.5, 0.6) is 0 Å². The number of para-hydroxylation sites is 1. The van der Waals surface area contributed by atoms with E-state index >= 15 is 0 Å². The summed E-state index contributed by atoms with van der Waals surface area (Å²) in [5, 5.41) is 5.63. The Morgan fingerprint density at radius 1 is 1.32 bits per heavy atom. The van der Waals surface area contributed by atoms with E-state index in [4.69, 9.17) is 0 Å². The van der Waals surface area contributed by atoms with Gasteiger partial charge in [-0.2, -0.15) is 0 Å². The normalized spacial score (nSPS) is 23.0. The molecule has 0 atom stereocenters. The van der Waals surface area contributed by atoms with E-state index in [9.17, 15) is 13.4 Å². The van der Waals surface area contributed by atoms with Gasteiger partial charge < -0.3 is 10.6 Å². The number of nitrogens with one attached hydrogen (secondary N) is 2. The van der Waals surface area contributed by atoms with Crippen LogP contribution in [0.1, 0.15) is 12.8 Å². The number of hydrogen-bond acceptors (Lipinski definition) is 3. The van der Waals surface area contributed by atoms with Gasteiger partial charge in [-0.3, -0.25) is 9.00 Å². The highest BCUT2D eigenvalue weighted by Crippen LogP contribution is 2.12. The summed E-state index contributed by atoms with van der Waals surface area (Å²) in [7, 11) is -0.700. The predicted molar refractivity (Wildman–Crippen MR) is 73.9 cm³/mol. The minimum absolute atomic E-state index is 0.144. The van der Waals surface area contributed by atoms with Gasteiger partial charge >= 0.3 is 0 Å². The molecule has 0 radical (unpaired) electrons. The zero-order valence-corrected chi connectivity index (χ0v) is 11.3.